The molecule has 64 heavy (non-hydrogen) atoms. The molecule has 26 heteroatoms. The summed E-state index contributed by atoms with van der Waals surface area (Å²) in [5.74, 6) is -9.61. The molecule has 3 aliphatic rings. The van der Waals surface area contributed by atoms with Gasteiger partial charge in [-0.05, 0) is 0 Å². The highest BCUT2D eigenvalue weighted by Crippen LogP contribution is 2.38. The Balaban J connectivity index is 2.28. The normalized spacial score (nSPS) is 32.3. The summed E-state index contributed by atoms with van der Waals surface area (Å²) in [4.78, 5) is 124. The SMILES string of the molecule is CC(=O)OCC1O[C@@H](O[C@@H]2C(COC(C)=O)O[C@@H](O[C@@H]3C(COC(C)=O)O[C@H](O)C(OC(C)=O)[C@H]3OC(C)=O)C(OC(C)=O)[C@H]2OC(C)=O)C(OC(C)=O)[C@@H](OC(C)=O)[C@@H]1OC(C)=O. The van der Waals surface area contributed by atoms with E-state index >= 15 is 0 Å². The molecule has 6 unspecified atom stereocenters. The fourth-order valence-corrected chi connectivity index (χ4v) is 6.77. The first-order valence-corrected chi connectivity index (χ1v) is 19.4. The minimum atomic E-state index is -2.02. The van der Waals surface area contributed by atoms with Gasteiger partial charge in [0, 0.05) is 69.2 Å². The van der Waals surface area contributed by atoms with Gasteiger partial charge in [-0.1, -0.05) is 0 Å². The van der Waals surface area contributed by atoms with Gasteiger partial charge in [-0.15, -0.1) is 0 Å². The zero-order chi connectivity index (χ0) is 48.2. The van der Waals surface area contributed by atoms with Crippen LogP contribution >= 0.6 is 0 Å². The second-order valence-electron chi connectivity index (χ2n) is 14.3. The van der Waals surface area contributed by atoms with Gasteiger partial charge in [0.2, 0.25) is 0 Å². The van der Waals surface area contributed by atoms with Gasteiger partial charge in [0.05, 0.1) is 0 Å². The molecule has 3 rings (SSSR count). The second kappa shape index (κ2) is 23.9. The lowest BCUT2D eigenvalue weighted by Crippen LogP contribution is -2.68. The number of rotatable bonds is 17. The van der Waals surface area contributed by atoms with E-state index in [4.69, 9.17) is 71.1 Å². The van der Waals surface area contributed by atoms with Crippen LogP contribution in [0.3, 0.4) is 0 Å². The molecule has 0 aliphatic carbocycles. The van der Waals surface area contributed by atoms with Crippen LogP contribution in [0.4, 0.5) is 0 Å². The number of ether oxygens (including phenoxy) is 15. The summed E-state index contributed by atoms with van der Waals surface area (Å²) in [6, 6.07) is 0. The molecular weight excluding hydrogens is 872 g/mol. The molecule has 3 saturated heterocycles. The molecule has 26 nitrogen and oxygen atoms in total. The number of carbonyl (C=O) groups is 10. The standard InChI is InChI=1S/C38H52O26/c1-14(39)50-11-24-28(30(54-18(5)43)33(36(49)60-24)57-21(8)46)63-38-35(59-23(10)48)32(56-20(7)45)29(26(62-38)13-52-16(3)41)64-37-34(58-22(9)47)31(55-19(6)44)27(53-17(4)42)25(61-37)12-51-15(2)40/h24-38,49H,11-13H2,1-10H3/t24?,25?,26?,27-,28-,29-,30+,31+,32+,33?,34?,35?,36+,37+,38+/m1/s1. The van der Waals surface area contributed by atoms with Crippen LogP contribution in [0, 0.1) is 0 Å². The fourth-order valence-electron chi connectivity index (χ4n) is 6.77. The van der Waals surface area contributed by atoms with Crippen LogP contribution in [0.25, 0.3) is 0 Å². The van der Waals surface area contributed by atoms with Crippen molar-refractivity contribution in [2.75, 3.05) is 19.8 Å². The molecule has 360 valence electrons. The van der Waals surface area contributed by atoms with Crippen molar-refractivity contribution in [3.05, 3.63) is 0 Å². The van der Waals surface area contributed by atoms with Gasteiger partial charge in [-0.2, -0.15) is 0 Å². The highest BCUT2D eigenvalue weighted by molar-refractivity contribution is 5.70. The summed E-state index contributed by atoms with van der Waals surface area (Å²) in [5.41, 5.74) is 0. The largest absolute Gasteiger partial charge is 0.463 e. The average Bonchev–Trinajstić information content (AvgIpc) is 3.15. The maximum atomic E-state index is 12.9. The maximum absolute atomic E-state index is 12.9. The first kappa shape index (κ1) is 52.8. The average molecular weight is 925 g/mol. The van der Waals surface area contributed by atoms with Crippen LogP contribution in [-0.4, -0.2) is 177 Å². The molecule has 1 N–H and O–H groups in total. The molecule has 0 amide bonds. The van der Waals surface area contributed by atoms with Crippen molar-refractivity contribution in [2.24, 2.45) is 0 Å². The highest BCUT2D eigenvalue weighted by atomic mass is 16.8. The molecule has 0 aromatic rings. The number of carbonyl (C=O) groups excluding carboxylic acids is 10. The fraction of sp³-hybridized carbons (Fsp3) is 0.737. The van der Waals surface area contributed by atoms with Crippen molar-refractivity contribution >= 4 is 59.7 Å². The summed E-state index contributed by atoms with van der Waals surface area (Å²) < 4.78 is 84.2. The van der Waals surface area contributed by atoms with Gasteiger partial charge in [0.15, 0.2) is 61.6 Å². The number of aliphatic hydroxyl groups is 1. The minimum Gasteiger partial charge on any atom is -0.463 e. The molecule has 0 saturated carbocycles. The van der Waals surface area contributed by atoms with Crippen molar-refractivity contribution in [1.82, 2.24) is 0 Å². The lowest BCUT2D eigenvalue weighted by atomic mass is 9.95. The van der Waals surface area contributed by atoms with E-state index in [9.17, 15) is 53.1 Å². The monoisotopic (exact) mass is 924 g/mol. The molecule has 3 fully saturated rings. The Kier molecular flexibility index (Phi) is 19.8. The Labute approximate surface area is 364 Å². The first-order chi connectivity index (χ1) is 29.9. The predicted molar refractivity (Wildman–Crippen MR) is 197 cm³/mol. The molecule has 3 aliphatic heterocycles. The van der Waals surface area contributed by atoms with E-state index in [1.54, 1.807) is 0 Å². The number of hydrogen-bond donors (Lipinski definition) is 1. The smallest absolute Gasteiger partial charge is 0.303 e. The van der Waals surface area contributed by atoms with Crippen LogP contribution in [0.1, 0.15) is 69.2 Å². The van der Waals surface area contributed by atoms with Crippen LogP contribution < -0.4 is 0 Å². The third kappa shape index (κ3) is 15.6. The maximum Gasteiger partial charge on any atom is 0.303 e. The summed E-state index contributed by atoms with van der Waals surface area (Å²) in [5, 5.41) is 10.9. The first-order valence-electron chi connectivity index (χ1n) is 19.4. The van der Waals surface area contributed by atoms with Gasteiger partial charge in [0.1, 0.15) is 50.3 Å². The summed E-state index contributed by atoms with van der Waals surface area (Å²) in [7, 11) is 0. The van der Waals surface area contributed by atoms with E-state index in [1.807, 2.05) is 0 Å². The topological polar surface area (TPSA) is 329 Å². The van der Waals surface area contributed by atoms with Crippen molar-refractivity contribution in [3.8, 4) is 0 Å². The summed E-state index contributed by atoms with van der Waals surface area (Å²) in [6.07, 6.45) is -27.2. The third-order valence-electron chi connectivity index (χ3n) is 8.84. The van der Waals surface area contributed by atoms with Gasteiger partial charge in [-0.25, -0.2) is 0 Å². The molecule has 0 bridgehead atoms. The number of aliphatic hydroxyl groups excluding tert-OH is 1. The number of hydrogen-bond acceptors (Lipinski definition) is 26. The summed E-state index contributed by atoms with van der Waals surface area (Å²) >= 11 is 0. The molecule has 0 aromatic heterocycles. The van der Waals surface area contributed by atoms with E-state index in [1.165, 1.54) is 0 Å². The predicted octanol–water partition coefficient (Wildman–Crippen LogP) is -1.86. The van der Waals surface area contributed by atoms with Crippen molar-refractivity contribution < 1.29 is 124 Å². The molecule has 3 heterocycles. The van der Waals surface area contributed by atoms with Gasteiger partial charge >= 0.3 is 59.7 Å². The zero-order valence-corrected chi connectivity index (χ0v) is 36.4. The molecule has 0 spiro atoms. The highest BCUT2D eigenvalue weighted by Gasteiger charge is 2.59. The Morgan fingerprint density at radius 3 is 0.906 bits per heavy atom. The van der Waals surface area contributed by atoms with E-state index in [-0.39, 0.29) is 0 Å². The lowest BCUT2D eigenvalue weighted by molar-refractivity contribution is -0.378. The molecular formula is C38H52O26. The lowest BCUT2D eigenvalue weighted by Gasteiger charge is -2.50. The van der Waals surface area contributed by atoms with Crippen LogP contribution in [0.15, 0.2) is 0 Å². The zero-order valence-electron chi connectivity index (χ0n) is 36.4. The van der Waals surface area contributed by atoms with E-state index in [2.05, 4.69) is 0 Å². The Bertz CT molecular complexity index is 1730. The Morgan fingerprint density at radius 2 is 0.578 bits per heavy atom. The molecule has 15 atom stereocenters. The third-order valence-corrected chi connectivity index (χ3v) is 8.84. The molecule has 0 aromatic carbocycles. The van der Waals surface area contributed by atoms with Crippen molar-refractivity contribution in [1.29, 1.82) is 0 Å². The van der Waals surface area contributed by atoms with Gasteiger partial charge in [-0.3, -0.25) is 47.9 Å². The quantitative estimate of drug-likeness (QED) is 0.123. The van der Waals surface area contributed by atoms with E-state index in [0.29, 0.717) is 0 Å². The summed E-state index contributed by atoms with van der Waals surface area (Å²) in [6.45, 7) is 7.65. The Morgan fingerprint density at radius 1 is 0.328 bits per heavy atom. The second-order valence-corrected chi connectivity index (χ2v) is 14.3. The number of esters is 10. The van der Waals surface area contributed by atoms with E-state index < -0.39 is 172 Å². The van der Waals surface area contributed by atoms with Crippen molar-refractivity contribution in [2.45, 2.75) is 161 Å². The van der Waals surface area contributed by atoms with E-state index in [0.717, 1.165) is 69.2 Å². The van der Waals surface area contributed by atoms with Gasteiger partial charge in [0.25, 0.3) is 0 Å². The van der Waals surface area contributed by atoms with Gasteiger partial charge < -0.3 is 76.2 Å². The molecule has 0 radical (unpaired) electrons. The van der Waals surface area contributed by atoms with Crippen LogP contribution in [0.5, 0.6) is 0 Å². The van der Waals surface area contributed by atoms with Crippen molar-refractivity contribution in [3.63, 3.8) is 0 Å². The minimum absolute atomic E-state index is 0.681. The van der Waals surface area contributed by atoms with Crippen LogP contribution in [-0.2, 0) is 119 Å². The van der Waals surface area contributed by atoms with Crippen LogP contribution in [0.2, 0.25) is 0 Å². The Hall–Kier alpha value is -5.54.